The normalized spacial score (nSPS) is 47.1. The van der Waals surface area contributed by atoms with Gasteiger partial charge in [0.1, 0.15) is 0 Å². The van der Waals surface area contributed by atoms with Crippen molar-refractivity contribution in [1.82, 2.24) is 0 Å². The van der Waals surface area contributed by atoms with Crippen LogP contribution in [0.15, 0.2) is 0 Å². The first kappa shape index (κ1) is 6.69. The van der Waals surface area contributed by atoms with Crippen molar-refractivity contribution in [2.75, 3.05) is 0 Å². The third-order valence-corrected chi connectivity index (χ3v) is 3.36. The zero-order chi connectivity index (χ0) is 7.03. The second kappa shape index (κ2) is 2.25. The highest BCUT2D eigenvalue weighted by Gasteiger charge is 2.34. The maximum atomic E-state index is 4.35. The molecule has 10 heavy (non-hydrogen) atoms. The molecule has 2 aliphatic rings. The topological polar surface area (TPSA) is 0 Å². The van der Waals surface area contributed by atoms with Crippen LogP contribution in [-0.4, -0.2) is 0 Å². The third kappa shape index (κ3) is 1.09. The molecule has 57 valence electrons. The molecule has 0 amide bonds. The Kier molecular flexibility index (Phi) is 1.51. The van der Waals surface area contributed by atoms with Gasteiger partial charge in [0.05, 0.1) is 0 Å². The van der Waals surface area contributed by atoms with Crippen molar-refractivity contribution in [2.45, 2.75) is 44.9 Å². The molecule has 0 spiro atoms. The van der Waals surface area contributed by atoms with E-state index in [4.69, 9.17) is 0 Å². The van der Waals surface area contributed by atoms with Gasteiger partial charge in [0.2, 0.25) is 0 Å². The molecular formula is C10H17. The second-order valence-corrected chi connectivity index (χ2v) is 4.35. The van der Waals surface area contributed by atoms with Crippen LogP contribution in [0.5, 0.6) is 0 Å². The lowest BCUT2D eigenvalue weighted by Crippen LogP contribution is -2.30. The van der Waals surface area contributed by atoms with E-state index in [2.05, 4.69) is 6.92 Å². The van der Waals surface area contributed by atoms with Gasteiger partial charge >= 0.3 is 0 Å². The molecule has 2 aliphatic carbocycles. The standard InChI is InChI=1S/C10H17/c1-10-6-2-4-9(8-10)5-3-7-10/h9H,1-8H2. The molecule has 0 N–H and O–H groups in total. The summed E-state index contributed by atoms with van der Waals surface area (Å²) >= 11 is 0. The summed E-state index contributed by atoms with van der Waals surface area (Å²) in [5.74, 6) is 1.06. The zero-order valence-corrected chi connectivity index (χ0v) is 6.73. The number of hydrogen-bond donors (Lipinski definition) is 0. The van der Waals surface area contributed by atoms with E-state index in [0.29, 0.717) is 5.41 Å². The van der Waals surface area contributed by atoms with E-state index >= 15 is 0 Å². The van der Waals surface area contributed by atoms with Crippen molar-refractivity contribution in [3.8, 4) is 0 Å². The van der Waals surface area contributed by atoms with Crippen molar-refractivity contribution in [1.29, 1.82) is 0 Å². The number of hydrogen-bond acceptors (Lipinski definition) is 0. The van der Waals surface area contributed by atoms with Crippen molar-refractivity contribution in [2.24, 2.45) is 11.3 Å². The lowest BCUT2D eigenvalue weighted by Gasteiger charge is -2.42. The van der Waals surface area contributed by atoms with Crippen LogP contribution < -0.4 is 0 Å². The minimum Gasteiger partial charge on any atom is -0.0525 e. The van der Waals surface area contributed by atoms with Crippen molar-refractivity contribution < 1.29 is 0 Å². The highest BCUT2D eigenvalue weighted by Crippen LogP contribution is 2.47. The molecule has 0 heteroatoms. The Labute approximate surface area is 64.0 Å². The fourth-order valence-electron chi connectivity index (χ4n) is 2.82. The predicted molar refractivity (Wildman–Crippen MR) is 43.6 cm³/mol. The quantitative estimate of drug-likeness (QED) is 0.481. The maximum absolute atomic E-state index is 4.35. The molecular weight excluding hydrogens is 120 g/mol. The highest BCUT2D eigenvalue weighted by molar-refractivity contribution is 4.91. The lowest BCUT2D eigenvalue weighted by molar-refractivity contribution is 0.121. The largest absolute Gasteiger partial charge is 0.0525 e. The molecule has 0 aromatic heterocycles. The van der Waals surface area contributed by atoms with Crippen molar-refractivity contribution >= 4 is 0 Å². The molecule has 2 rings (SSSR count). The summed E-state index contributed by atoms with van der Waals surface area (Å²) in [7, 11) is 0. The average molecular weight is 137 g/mol. The minimum atomic E-state index is 0.529. The first-order chi connectivity index (χ1) is 4.79. The van der Waals surface area contributed by atoms with Crippen LogP contribution in [0.3, 0.4) is 0 Å². The summed E-state index contributed by atoms with van der Waals surface area (Å²) in [4.78, 5) is 0. The van der Waals surface area contributed by atoms with E-state index in [0.717, 1.165) is 5.92 Å². The monoisotopic (exact) mass is 137 g/mol. The summed E-state index contributed by atoms with van der Waals surface area (Å²) in [5.41, 5.74) is 0.529. The average Bonchev–Trinajstić information content (AvgIpc) is 1.86. The third-order valence-electron chi connectivity index (χ3n) is 3.36. The molecule has 0 saturated heterocycles. The van der Waals surface area contributed by atoms with Crippen LogP contribution in [0.4, 0.5) is 0 Å². The molecule has 0 atom stereocenters. The summed E-state index contributed by atoms with van der Waals surface area (Å²) < 4.78 is 0. The van der Waals surface area contributed by atoms with Crippen molar-refractivity contribution in [3.63, 3.8) is 0 Å². The lowest BCUT2D eigenvalue weighted by atomic mass is 9.63. The van der Waals surface area contributed by atoms with Crippen LogP contribution in [0.2, 0.25) is 0 Å². The molecule has 2 fully saturated rings. The van der Waals surface area contributed by atoms with Gasteiger partial charge in [-0.2, -0.15) is 0 Å². The Morgan fingerprint density at radius 2 is 1.70 bits per heavy atom. The van der Waals surface area contributed by atoms with Gasteiger partial charge in [-0.3, -0.25) is 0 Å². The van der Waals surface area contributed by atoms with E-state index in [-0.39, 0.29) is 0 Å². The van der Waals surface area contributed by atoms with Gasteiger partial charge in [-0.15, -0.1) is 0 Å². The summed E-state index contributed by atoms with van der Waals surface area (Å²) in [6, 6.07) is 0. The first-order valence-electron chi connectivity index (χ1n) is 4.64. The predicted octanol–water partition coefficient (Wildman–Crippen LogP) is 3.18. The number of rotatable bonds is 0. The van der Waals surface area contributed by atoms with Gasteiger partial charge < -0.3 is 0 Å². The molecule has 0 aromatic carbocycles. The van der Waals surface area contributed by atoms with Crippen LogP contribution >= 0.6 is 0 Å². The zero-order valence-electron chi connectivity index (χ0n) is 6.73. The molecule has 0 heterocycles. The SMILES string of the molecule is [CH2]C12CCCC(CCC1)C2. The Morgan fingerprint density at radius 1 is 1.10 bits per heavy atom. The fourth-order valence-corrected chi connectivity index (χ4v) is 2.82. The molecule has 0 aliphatic heterocycles. The molecule has 1 radical (unpaired) electrons. The smallest absolute Gasteiger partial charge is 0.0295 e. The first-order valence-corrected chi connectivity index (χ1v) is 4.64. The van der Waals surface area contributed by atoms with Gasteiger partial charge in [0, 0.05) is 0 Å². The number of fused-ring (bicyclic) bond motifs is 2. The van der Waals surface area contributed by atoms with E-state index in [1.54, 1.807) is 0 Å². The van der Waals surface area contributed by atoms with Crippen LogP contribution in [0.1, 0.15) is 44.9 Å². The Hall–Kier alpha value is 0. The van der Waals surface area contributed by atoms with Crippen LogP contribution in [-0.2, 0) is 0 Å². The Bertz CT molecular complexity index is 116. The van der Waals surface area contributed by atoms with Crippen LogP contribution in [0, 0.1) is 18.3 Å². The van der Waals surface area contributed by atoms with Gasteiger partial charge in [-0.05, 0) is 37.5 Å². The van der Waals surface area contributed by atoms with Gasteiger partial charge in [0.25, 0.3) is 0 Å². The van der Waals surface area contributed by atoms with E-state index < -0.39 is 0 Å². The Morgan fingerprint density at radius 3 is 2.10 bits per heavy atom. The fraction of sp³-hybridized carbons (Fsp3) is 0.900. The minimum absolute atomic E-state index is 0.529. The van der Waals surface area contributed by atoms with E-state index in [1.165, 1.54) is 44.9 Å². The van der Waals surface area contributed by atoms with Gasteiger partial charge in [0.15, 0.2) is 0 Å². The van der Waals surface area contributed by atoms with E-state index in [9.17, 15) is 0 Å². The van der Waals surface area contributed by atoms with Crippen LogP contribution in [0.25, 0.3) is 0 Å². The summed E-state index contributed by atoms with van der Waals surface area (Å²) in [6.45, 7) is 4.35. The molecule has 2 bridgehead atoms. The molecule has 2 saturated carbocycles. The van der Waals surface area contributed by atoms with Crippen molar-refractivity contribution in [3.05, 3.63) is 6.92 Å². The van der Waals surface area contributed by atoms with Gasteiger partial charge in [-0.1, -0.05) is 25.7 Å². The second-order valence-electron chi connectivity index (χ2n) is 4.35. The maximum Gasteiger partial charge on any atom is -0.0295 e. The van der Waals surface area contributed by atoms with Gasteiger partial charge in [-0.25, -0.2) is 0 Å². The Balaban J connectivity index is 2.07. The molecule has 0 unspecified atom stereocenters. The van der Waals surface area contributed by atoms with E-state index in [1.807, 2.05) is 0 Å². The highest BCUT2D eigenvalue weighted by atomic mass is 14.4. The summed E-state index contributed by atoms with van der Waals surface area (Å²) in [6.07, 6.45) is 10.1. The molecule has 0 nitrogen and oxygen atoms in total. The molecule has 0 aromatic rings. The summed E-state index contributed by atoms with van der Waals surface area (Å²) in [5, 5.41) is 0.